The van der Waals surface area contributed by atoms with E-state index in [2.05, 4.69) is 19.2 Å². The third kappa shape index (κ3) is 3.21. The van der Waals surface area contributed by atoms with Gasteiger partial charge in [0.2, 0.25) is 0 Å². The fraction of sp³-hybridized carbons (Fsp3) is 1.00. The predicted molar refractivity (Wildman–Crippen MR) is 71.0 cm³/mol. The minimum atomic E-state index is 0.0469. The van der Waals surface area contributed by atoms with E-state index in [4.69, 9.17) is 10.5 Å². The Bertz CT molecular complexity index is 241. The van der Waals surface area contributed by atoms with Crippen LogP contribution in [-0.2, 0) is 4.74 Å². The lowest BCUT2D eigenvalue weighted by Crippen LogP contribution is -2.56. The summed E-state index contributed by atoms with van der Waals surface area (Å²) in [6.45, 7) is 7.21. The molecule has 1 unspecified atom stereocenters. The van der Waals surface area contributed by atoms with Gasteiger partial charge >= 0.3 is 0 Å². The average Bonchev–Trinajstić information content (AvgIpc) is 2.77. The monoisotopic (exact) mass is 240 g/mol. The van der Waals surface area contributed by atoms with Crippen molar-refractivity contribution in [2.45, 2.75) is 63.5 Å². The molecule has 0 aromatic rings. The van der Waals surface area contributed by atoms with Crippen molar-refractivity contribution >= 4 is 0 Å². The Morgan fingerprint density at radius 3 is 2.53 bits per heavy atom. The lowest BCUT2D eigenvalue weighted by molar-refractivity contribution is 0.0111. The third-order valence-electron chi connectivity index (χ3n) is 4.76. The highest BCUT2D eigenvalue weighted by atomic mass is 16.5. The molecule has 1 atom stereocenters. The van der Waals surface area contributed by atoms with Crippen molar-refractivity contribution in [3.05, 3.63) is 0 Å². The quantitative estimate of drug-likeness (QED) is 0.790. The van der Waals surface area contributed by atoms with Gasteiger partial charge in [-0.1, -0.05) is 6.92 Å². The molecule has 3 heteroatoms. The molecule has 17 heavy (non-hydrogen) atoms. The molecule has 1 aliphatic heterocycles. The van der Waals surface area contributed by atoms with E-state index in [9.17, 15) is 0 Å². The van der Waals surface area contributed by atoms with Crippen LogP contribution in [0, 0.1) is 5.92 Å². The highest BCUT2D eigenvalue weighted by Gasteiger charge is 2.36. The Morgan fingerprint density at radius 2 is 2.00 bits per heavy atom. The van der Waals surface area contributed by atoms with Gasteiger partial charge in [-0.3, -0.25) is 0 Å². The van der Waals surface area contributed by atoms with E-state index in [0.717, 1.165) is 25.6 Å². The van der Waals surface area contributed by atoms with Gasteiger partial charge in [0.15, 0.2) is 0 Å². The Balaban J connectivity index is 1.86. The van der Waals surface area contributed by atoms with E-state index in [1.807, 2.05) is 0 Å². The normalized spacial score (nSPS) is 42.9. The van der Waals surface area contributed by atoms with Gasteiger partial charge in [0.05, 0.1) is 5.60 Å². The first kappa shape index (κ1) is 13.3. The summed E-state index contributed by atoms with van der Waals surface area (Å²) in [7, 11) is 0. The van der Waals surface area contributed by atoms with E-state index >= 15 is 0 Å². The van der Waals surface area contributed by atoms with Gasteiger partial charge < -0.3 is 15.8 Å². The summed E-state index contributed by atoms with van der Waals surface area (Å²) in [5, 5.41) is 3.74. The zero-order chi connectivity index (χ0) is 12.4. The topological polar surface area (TPSA) is 47.3 Å². The van der Waals surface area contributed by atoms with Crippen molar-refractivity contribution in [2.75, 3.05) is 19.7 Å². The van der Waals surface area contributed by atoms with Crippen LogP contribution in [0.3, 0.4) is 0 Å². The molecule has 0 aromatic carbocycles. The average molecular weight is 240 g/mol. The SMILES string of the molecule is CC1CCC(CN)(NCC2(C)CCCO2)CC1. The third-order valence-corrected chi connectivity index (χ3v) is 4.76. The molecule has 0 spiro atoms. The predicted octanol–water partition coefficient (Wildman–Crippen LogP) is 2.05. The van der Waals surface area contributed by atoms with E-state index in [0.29, 0.717) is 0 Å². The van der Waals surface area contributed by atoms with Gasteiger partial charge in [0.25, 0.3) is 0 Å². The summed E-state index contributed by atoms with van der Waals surface area (Å²) in [6, 6.07) is 0. The molecule has 2 rings (SSSR count). The molecule has 1 aliphatic carbocycles. The van der Waals surface area contributed by atoms with E-state index in [-0.39, 0.29) is 11.1 Å². The highest BCUT2D eigenvalue weighted by Crippen LogP contribution is 2.32. The van der Waals surface area contributed by atoms with Crippen molar-refractivity contribution in [1.29, 1.82) is 0 Å². The maximum absolute atomic E-state index is 6.01. The van der Waals surface area contributed by atoms with Crippen LogP contribution >= 0.6 is 0 Å². The van der Waals surface area contributed by atoms with Crippen molar-refractivity contribution in [1.82, 2.24) is 5.32 Å². The van der Waals surface area contributed by atoms with E-state index in [1.165, 1.54) is 38.5 Å². The van der Waals surface area contributed by atoms with E-state index < -0.39 is 0 Å². The lowest BCUT2D eigenvalue weighted by atomic mass is 9.77. The lowest BCUT2D eigenvalue weighted by Gasteiger charge is -2.41. The molecule has 0 aromatic heterocycles. The summed E-state index contributed by atoms with van der Waals surface area (Å²) < 4.78 is 5.84. The first-order valence-corrected chi connectivity index (χ1v) is 7.17. The van der Waals surface area contributed by atoms with Crippen LogP contribution in [0.5, 0.6) is 0 Å². The van der Waals surface area contributed by atoms with Gasteiger partial charge in [0.1, 0.15) is 0 Å². The first-order chi connectivity index (χ1) is 8.08. The summed E-state index contributed by atoms with van der Waals surface area (Å²) in [4.78, 5) is 0. The Kier molecular flexibility index (Phi) is 4.11. The Morgan fingerprint density at radius 1 is 1.29 bits per heavy atom. The van der Waals surface area contributed by atoms with Gasteiger partial charge in [-0.15, -0.1) is 0 Å². The van der Waals surface area contributed by atoms with Crippen molar-refractivity contribution in [3.8, 4) is 0 Å². The van der Waals surface area contributed by atoms with Gasteiger partial charge in [-0.25, -0.2) is 0 Å². The van der Waals surface area contributed by atoms with E-state index in [1.54, 1.807) is 0 Å². The summed E-state index contributed by atoms with van der Waals surface area (Å²) >= 11 is 0. The van der Waals surface area contributed by atoms with Crippen molar-refractivity contribution in [3.63, 3.8) is 0 Å². The standard InChI is InChI=1S/C14H28N2O/c1-12-4-7-14(10-15,8-5-12)16-11-13(2)6-3-9-17-13/h12,16H,3-11,15H2,1-2H3. The molecule has 1 heterocycles. The zero-order valence-electron chi connectivity index (χ0n) is 11.4. The van der Waals surface area contributed by atoms with Crippen LogP contribution in [0.4, 0.5) is 0 Å². The van der Waals surface area contributed by atoms with Crippen LogP contribution in [0.25, 0.3) is 0 Å². The molecule has 3 N–H and O–H groups in total. The molecular formula is C14H28N2O. The molecule has 0 amide bonds. The second-order valence-electron chi connectivity index (χ2n) is 6.42. The number of ether oxygens (including phenoxy) is 1. The van der Waals surface area contributed by atoms with Crippen LogP contribution < -0.4 is 11.1 Å². The number of nitrogens with one attached hydrogen (secondary N) is 1. The summed E-state index contributed by atoms with van der Waals surface area (Å²) in [6.07, 6.45) is 7.44. The second kappa shape index (κ2) is 5.25. The number of hydrogen-bond donors (Lipinski definition) is 2. The minimum absolute atomic E-state index is 0.0469. The fourth-order valence-corrected chi connectivity index (χ4v) is 3.12. The largest absolute Gasteiger partial charge is 0.374 e. The minimum Gasteiger partial charge on any atom is -0.374 e. The summed E-state index contributed by atoms with van der Waals surface area (Å²) in [5.41, 5.74) is 6.24. The Hall–Kier alpha value is -0.120. The summed E-state index contributed by atoms with van der Waals surface area (Å²) in [5.74, 6) is 0.870. The van der Waals surface area contributed by atoms with Crippen LogP contribution in [0.2, 0.25) is 0 Å². The fourth-order valence-electron chi connectivity index (χ4n) is 3.12. The molecule has 0 radical (unpaired) electrons. The smallest absolute Gasteiger partial charge is 0.0779 e. The highest BCUT2D eigenvalue weighted by molar-refractivity contribution is 4.96. The Labute approximate surface area is 105 Å². The molecule has 2 fully saturated rings. The van der Waals surface area contributed by atoms with Crippen molar-refractivity contribution in [2.24, 2.45) is 11.7 Å². The van der Waals surface area contributed by atoms with Gasteiger partial charge in [-0.05, 0) is 51.4 Å². The molecular weight excluding hydrogens is 212 g/mol. The molecule has 2 aliphatic rings. The zero-order valence-corrected chi connectivity index (χ0v) is 11.4. The van der Waals surface area contributed by atoms with Crippen molar-refractivity contribution < 1.29 is 4.74 Å². The van der Waals surface area contributed by atoms with Gasteiger partial charge in [0, 0.05) is 25.2 Å². The van der Waals surface area contributed by atoms with Crippen LogP contribution in [-0.4, -0.2) is 30.8 Å². The number of rotatable bonds is 4. The van der Waals surface area contributed by atoms with Gasteiger partial charge in [-0.2, -0.15) is 0 Å². The molecule has 100 valence electrons. The molecule has 1 saturated carbocycles. The second-order valence-corrected chi connectivity index (χ2v) is 6.42. The number of nitrogens with two attached hydrogens (primary N) is 1. The molecule has 0 bridgehead atoms. The molecule has 3 nitrogen and oxygen atoms in total. The van der Waals surface area contributed by atoms with Crippen LogP contribution in [0.1, 0.15) is 52.4 Å². The van der Waals surface area contributed by atoms with Crippen LogP contribution in [0.15, 0.2) is 0 Å². The molecule has 1 saturated heterocycles. The maximum atomic E-state index is 6.01. The number of hydrogen-bond acceptors (Lipinski definition) is 3. The maximum Gasteiger partial charge on any atom is 0.0779 e. The first-order valence-electron chi connectivity index (χ1n) is 7.17.